The van der Waals surface area contributed by atoms with Crippen LogP contribution in [0.2, 0.25) is 0 Å². The van der Waals surface area contributed by atoms with E-state index in [2.05, 4.69) is 20.8 Å². The number of hydrogen-bond acceptors (Lipinski definition) is 6. The fourth-order valence-electron chi connectivity index (χ4n) is 1.56. The number of carbonyl (C=O) groups excluding carboxylic acids is 1. The summed E-state index contributed by atoms with van der Waals surface area (Å²) in [6.45, 7) is 15.7. The summed E-state index contributed by atoms with van der Waals surface area (Å²) in [5.74, 6) is -0.364. The van der Waals surface area contributed by atoms with E-state index >= 15 is 0 Å². The van der Waals surface area contributed by atoms with Crippen LogP contribution in [0, 0.1) is 5.41 Å². The summed E-state index contributed by atoms with van der Waals surface area (Å²) >= 11 is 0. The predicted octanol–water partition coefficient (Wildman–Crippen LogP) is 2.83. The molecule has 0 unspecified atom stereocenters. The lowest BCUT2D eigenvalue weighted by Crippen LogP contribution is -2.27. The first-order valence-electron chi connectivity index (χ1n) is 8.63. The highest BCUT2D eigenvalue weighted by atomic mass is 16.6. The molecule has 144 valence electrons. The minimum atomic E-state index is -0.481. The van der Waals surface area contributed by atoms with Crippen molar-refractivity contribution < 1.29 is 28.5 Å². The largest absolute Gasteiger partial charge is 0.458 e. The molecule has 24 heavy (non-hydrogen) atoms. The Morgan fingerprint density at radius 2 is 1.08 bits per heavy atom. The Morgan fingerprint density at radius 3 is 1.50 bits per heavy atom. The summed E-state index contributed by atoms with van der Waals surface area (Å²) in [5, 5.41) is 0. The Balaban J connectivity index is 3.22. The maximum Gasteiger partial charge on any atom is 0.332 e. The molecule has 6 nitrogen and oxygen atoms in total. The molecule has 0 amide bonds. The third-order valence-electron chi connectivity index (χ3n) is 2.75. The molecular weight excluding hydrogens is 312 g/mol. The predicted molar refractivity (Wildman–Crippen MR) is 93.2 cm³/mol. The van der Waals surface area contributed by atoms with Crippen LogP contribution in [0.1, 0.15) is 48.0 Å². The number of ether oxygens (including phenoxy) is 5. The highest BCUT2D eigenvalue weighted by Gasteiger charge is 2.15. The first kappa shape index (κ1) is 23.3. The smallest absolute Gasteiger partial charge is 0.332 e. The normalized spacial score (nSPS) is 12.4. The quantitative estimate of drug-likeness (QED) is 0.377. The molecule has 0 saturated carbocycles. The van der Waals surface area contributed by atoms with Crippen LogP contribution < -0.4 is 0 Å². The Labute approximate surface area is 147 Å². The lowest BCUT2D eigenvalue weighted by atomic mass is 9.93. The van der Waals surface area contributed by atoms with E-state index in [9.17, 15) is 4.79 Å². The van der Waals surface area contributed by atoms with Crippen molar-refractivity contribution in [3.8, 4) is 0 Å². The SMILES string of the molecule is CC(C)(C)CCOCCOCCOCCOCC(=O)OC(C)(C)C. The average molecular weight is 348 g/mol. The summed E-state index contributed by atoms with van der Waals surface area (Å²) < 4.78 is 26.5. The molecule has 0 bridgehead atoms. The van der Waals surface area contributed by atoms with Gasteiger partial charge in [-0.15, -0.1) is 0 Å². The van der Waals surface area contributed by atoms with Gasteiger partial charge in [0.15, 0.2) is 0 Å². The molecule has 0 aromatic rings. The first-order valence-corrected chi connectivity index (χ1v) is 8.63. The van der Waals surface area contributed by atoms with Gasteiger partial charge in [-0.25, -0.2) is 4.79 Å². The van der Waals surface area contributed by atoms with Gasteiger partial charge in [0, 0.05) is 6.61 Å². The Bertz CT molecular complexity index is 316. The molecule has 0 rings (SSSR count). The van der Waals surface area contributed by atoms with Gasteiger partial charge < -0.3 is 23.7 Å². The summed E-state index contributed by atoms with van der Waals surface area (Å²) in [4.78, 5) is 11.4. The van der Waals surface area contributed by atoms with Crippen LogP contribution in [0.5, 0.6) is 0 Å². The van der Waals surface area contributed by atoms with Crippen molar-refractivity contribution >= 4 is 5.97 Å². The lowest BCUT2D eigenvalue weighted by Gasteiger charge is -2.19. The van der Waals surface area contributed by atoms with Crippen molar-refractivity contribution in [3.05, 3.63) is 0 Å². The molecule has 0 spiro atoms. The zero-order chi connectivity index (χ0) is 18.5. The van der Waals surface area contributed by atoms with Gasteiger partial charge in [0.05, 0.1) is 39.6 Å². The van der Waals surface area contributed by atoms with Crippen molar-refractivity contribution in [1.82, 2.24) is 0 Å². The minimum Gasteiger partial charge on any atom is -0.458 e. The monoisotopic (exact) mass is 348 g/mol. The maximum absolute atomic E-state index is 11.4. The fourth-order valence-corrected chi connectivity index (χ4v) is 1.56. The summed E-state index contributed by atoms with van der Waals surface area (Å²) in [7, 11) is 0. The second kappa shape index (κ2) is 12.6. The van der Waals surface area contributed by atoms with Gasteiger partial charge in [-0.05, 0) is 32.6 Å². The average Bonchev–Trinajstić information content (AvgIpc) is 2.40. The highest BCUT2D eigenvalue weighted by molar-refractivity contribution is 5.71. The van der Waals surface area contributed by atoms with Crippen LogP contribution in [0.25, 0.3) is 0 Å². The van der Waals surface area contributed by atoms with Gasteiger partial charge in [-0.3, -0.25) is 0 Å². The molecule has 0 aliphatic rings. The van der Waals surface area contributed by atoms with Crippen molar-refractivity contribution in [1.29, 1.82) is 0 Å². The van der Waals surface area contributed by atoms with Gasteiger partial charge in [0.25, 0.3) is 0 Å². The molecule has 6 heteroatoms. The highest BCUT2D eigenvalue weighted by Crippen LogP contribution is 2.17. The van der Waals surface area contributed by atoms with Crippen LogP contribution in [-0.2, 0) is 28.5 Å². The van der Waals surface area contributed by atoms with Gasteiger partial charge in [0.2, 0.25) is 0 Å². The molecule has 0 N–H and O–H groups in total. The van der Waals surface area contributed by atoms with E-state index in [1.54, 1.807) is 0 Å². The molecule has 0 aromatic heterocycles. The summed E-state index contributed by atoms with van der Waals surface area (Å²) in [5.41, 5.74) is -0.176. The standard InChI is InChI=1S/C18H36O6/c1-17(2,3)7-8-20-9-10-21-11-12-22-13-14-23-15-16(19)24-18(4,5)6/h7-15H2,1-6H3. The van der Waals surface area contributed by atoms with Crippen molar-refractivity contribution in [2.45, 2.75) is 53.6 Å². The summed E-state index contributed by atoms with van der Waals surface area (Å²) in [6.07, 6.45) is 1.04. The molecule has 0 saturated heterocycles. The van der Waals surface area contributed by atoms with Crippen LogP contribution in [0.15, 0.2) is 0 Å². The topological polar surface area (TPSA) is 63.2 Å². The van der Waals surface area contributed by atoms with E-state index < -0.39 is 5.60 Å². The molecule has 0 aliphatic carbocycles. The molecule has 0 radical (unpaired) electrons. The van der Waals surface area contributed by atoms with E-state index in [0.717, 1.165) is 13.0 Å². The van der Waals surface area contributed by atoms with Crippen molar-refractivity contribution in [3.63, 3.8) is 0 Å². The van der Waals surface area contributed by atoms with E-state index in [4.69, 9.17) is 23.7 Å². The summed E-state index contributed by atoms with van der Waals surface area (Å²) in [6, 6.07) is 0. The molecule has 0 aromatic carbocycles. The first-order chi connectivity index (χ1) is 11.1. The van der Waals surface area contributed by atoms with Crippen molar-refractivity contribution in [2.75, 3.05) is 52.9 Å². The molecule has 0 heterocycles. The third-order valence-corrected chi connectivity index (χ3v) is 2.75. The minimum absolute atomic E-state index is 0.0525. The van der Waals surface area contributed by atoms with Crippen LogP contribution in [0.3, 0.4) is 0 Å². The third kappa shape index (κ3) is 19.4. The van der Waals surface area contributed by atoms with Gasteiger partial charge in [-0.1, -0.05) is 20.8 Å². The molecule has 0 fully saturated rings. The molecule has 0 aliphatic heterocycles. The second-order valence-electron chi connectivity index (χ2n) is 7.79. The fraction of sp³-hybridized carbons (Fsp3) is 0.944. The maximum atomic E-state index is 11.4. The van der Waals surface area contributed by atoms with Crippen LogP contribution >= 0.6 is 0 Å². The lowest BCUT2D eigenvalue weighted by molar-refractivity contribution is -0.160. The van der Waals surface area contributed by atoms with Crippen molar-refractivity contribution in [2.24, 2.45) is 5.41 Å². The number of carbonyl (C=O) groups is 1. The van der Waals surface area contributed by atoms with Gasteiger partial charge >= 0.3 is 5.97 Å². The van der Waals surface area contributed by atoms with E-state index in [1.165, 1.54) is 0 Å². The van der Waals surface area contributed by atoms with Crippen LogP contribution in [0.4, 0.5) is 0 Å². The zero-order valence-electron chi connectivity index (χ0n) is 16.3. The Kier molecular flexibility index (Phi) is 12.3. The Hall–Kier alpha value is -0.690. The number of hydrogen-bond donors (Lipinski definition) is 0. The second-order valence-corrected chi connectivity index (χ2v) is 7.79. The molecule has 0 atom stereocenters. The van der Waals surface area contributed by atoms with Gasteiger partial charge in [0.1, 0.15) is 12.2 Å². The number of esters is 1. The number of rotatable bonds is 13. The van der Waals surface area contributed by atoms with Crippen LogP contribution in [-0.4, -0.2) is 64.4 Å². The van der Waals surface area contributed by atoms with E-state index in [0.29, 0.717) is 45.1 Å². The molecular formula is C18H36O6. The van der Waals surface area contributed by atoms with Gasteiger partial charge in [-0.2, -0.15) is 0 Å². The Morgan fingerprint density at radius 1 is 0.667 bits per heavy atom. The zero-order valence-corrected chi connectivity index (χ0v) is 16.3. The van der Waals surface area contributed by atoms with E-state index in [-0.39, 0.29) is 12.6 Å². The van der Waals surface area contributed by atoms with E-state index in [1.807, 2.05) is 20.8 Å².